The van der Waals surface area contributed by atoms with Crippen molar-refractivity contribution >= 4 is 23.1 Å². The summed E-state index contributed by atoms with van der Waals surface area (Å²) in [5.74, 6) is -1.44. The first kappa shape index (κ1) is 19.5. The molecule has 1 aliphatic heterocycles. The number of alkyl halides is 3. The van der Waals surface area contributed by atoms with E-state index in [0.29, 0.717) is 5.56 Å². The number of amides is 2. The topological polar surface area (TPSA) is 58.6 Å². The Morgan fingerprint density at radius 3 is 2.25 bits per heavy atom. The van der Waals surface area contributed by atoms with Crippen molar-refractivity contribution < 1.29 is 27.5 Å². The molecule has 0 bridgehead atoms. The molecule has 0 aromatic heterocycles. The summed E-state index contributed by atoms with van der Waals surface area (Å²) in [6, 6.07) is 13.3. The van der Waals surface area contributed by atoms with E-state index in [-0.39, 0.29) is 23.0 Å². The predicted octanol–water partition coefficient (Wildman–Crippen LogP) is 4.19. The second kappa shape index (κ2) is 7.38. The van der Waals surface area contributed by atoms with Crippen LogP contribution in [0, 0.1) is 0 Å². The number of hydrogen-bond donors (Lipinski definition) is 1. The minimum absolute atomic E-state index is 0.00839. The molecule has 2 aromatic carbocycles. The highest BCUT2D eigenvalue weighted by Gasteiger charge is 2.40. The number of nitrogens with one attached hydrogen (secondary N) is 1. The summed E-state index contributed by atoms with van der Waals surface area (Å²) < 4.78 is 41.3. The number of carbonyl (C=O) groups excluding carboxylic acids is 2. The number of nitrogens with zero attached hydrogens (tertiary/aromatic N) is 1. The number of ether oxygens (including phenoxy) is 1. The molecule has 0 atom stereocenters. The van der Waals surface area contributed by atoms with E-state index in [0.717, 1.165) is 17.0 Å². The minimum atomic E-state index is -4.83. The maximum absolute atomic E-state index is 12.8. The van der Waals surface area contributed by atoms with Crippen LogP contribution < -0.4 is 10.1 Å². The average molecular weight is 390 g/mol. The van der Waals surface area contributed by atoms with Crippen LogP contribution in [0.5, 0.6) is 5.75 Å². The van der Waals surface area contributed by atoms with Gasteiger partial charge in [0.05, 0.1) is 5.57 Å². The molecule has 0 fully saturated rings. The molecule has 2 amide bonds. The fourth-order valence-corrected chi connectivity index (χ4v) is 2.92. The standard InChI is InChI=1S/C20H17F3N2O3/c1-12(2)25-18(26)16(13-7-4-3-5-8-13)17(19(25)27)24-14-9-6-10-15(11-14)28-20(21,22)23/h3-12,24H,1-2H3. The van der Waals surface area contributed by atoms with Gasteiger partial charge in [-0.2, -0.15) is 0 Å². The molecule has 0 spiro atoms. The van der Waals surface area contributed by atoms with Crippen LogP contribution in [-0.2, 0) is 9.59 Å². The van der Waals surface area contributed by atoms with Crippen molar-refractivity contribution in [2.45, 2.75) is 26.3 Å². The molecular formula is C20H17F3N2O3. The van der Waals surface area contributed by atoms with Gasteiger partial charge in [0.1, 0.15) is 11.4 Å². The molecule has 0 unspecified atom stereocenters. The second-order valence-electron chi connectivity index (χ2n) is 6.39. The first-order chi connectivity index (χ1) is 13.2. The highest BCUT2D eigenvalue weighted by atomic mass is 19.4. The molecule has 0 saturated heterocycles. The van der Waals surface area contributed by atoms with Crippen LogP contribution in [0.4, 0.5) is 18.9 Å². The van der Waals surface area contributed by atoms with Crippen LogP contribution in [0.15, 0.2) is 60.3 Å². The summed E-state index contributed by atoms with van der Waals surface area (Å²) in [6.45, 7) is 3.41. The monoisotopic (exact) mass is 390 g/mol. The third kappa shape index (κ3) is 4.00. The van der Waals surface area contributed by atoms with Crippen LogP contribution in [0.25, 0.3) is 5.57 Å². The van der Waals surface area contributed by atoms with Crippen molar-refractivity contribution in [2.24, 2.45) is 0 Å². The van der Waals surface area contributed by atoms with Crippen LogP contribution in [0.1, 0.15) is 19.4 Å². The number of imide groups is 1. The highest BCUT2D eigenvalue weighted by Crippen LogP contribution is 2.32. The van der Waals surface area contributed by atoms with Gasteiger partial charge in [-0.15, -0.1) is 13.2 Å². The van der Waals surface area contributed by atoms with Crippen molar-refractivity contribution in [3.05, 3.63) is 65.9 Å². The Morgan fingerprint density at radius 1 is 0.964 bits per heavy atom. The van der Waals surface area contributed by atoms with Gasteiger partial charge < -0.3 is 10.1 Å². The summed E-state index contributed by atoms with van der Waals surface area (Å²) in [5, 5.41) is 2.80. The van der Waals surface area contributed by atoms with E-state index in [1.807, 2.05) is 0 Å². The van der Waals surface area contributed by atoms with Gasteiger partial charge in [0.25, 0.3) is 11.8 Å². The highest BCUT2D eigenvalue weighted by molar-refractivity contribution is 6.36. The van der Waals surface area contributed by atoms with Crippen molar-refractivity contribution in [3.63, 3.8) is 0 Å². The number of rotatable bonds is 5. The molecule has 5 nitrogen and oxygen atoms in total. The molecule has 1 aliphatic rings. The summed E-state index contributed by atoms with van der Waals surface area (Å²) in [5.41, 5.74) is 0.904. The van der Waals surface area contributed by atoms with E-state index in [2.05, 4.69) is 10.1 Å². The lowest BCUT2D eigenvalue weighted by Gasteiger charge is -2.19. The Kier molecular flexibility index (Phi) is 5.13. The van der Waals surface area contributed by atoms with Crippen LogP contribution in [0.3, 0.4) is 0 Å². The van der Waals surface area contributed by atoms with Crippen molar-refractivity contribution in [3.8, 4) is 5.75 Å². The Balaban J connectivity index is 2.01. The predicted molar refractivity (Wildman–Crippen MR) is 97.1 cm³/mol. The van der Waals surface area contributed by atoms with Gasteiger partial charge in [0.2, 0.25) is 0 Å². The normalized spacial score (nSPS) is 14.9. The van der Waals surface area contributed by atoms with Crippen LogP contribution >= 0.6 is 0 Å². The van der Waals surface area contributed by atoms with Gasteiger partial charge >= 0.3 is 6.36 Å². The van der Waals surface area contributed by atoms with E-state index in [4.69, 9.17) is 0 Å². The first-order valence-corrected chi connectivity index (χ1v) is 8.48. The molecule has 0 aliphatic carbocycles. The van der Waals surface area contributed by atoms with E-state index in [9.17, 15) is 22.8 Å². The molecule has 28 heavy (non-hydrogen) atoms. The van der Waals surface area contributed by atoms with Gasteiger partial charge in [-0.25, -0.2) is 0 Å². The number of benzene rings is 2. The van der Waals surface area contributed by atoms with Crippen molar-refractivity contribution in [1.82, 2.24) is 4.90 Å². The van der Waals surface area contributed by atoms with Gasteiger partial charge in [0.15, 0.2) is 0 Å². The van der Waals surface area contributed by atoms with Gasteiger partial charge in [0, 0.05) is 17.8 Å². The molecule has 0 radical (unpaired) electrons. The van der Waals surface area contributed by atoms with E-state index in [1.165, 1.54) is 12.1 Å². The Hall–Kier alpha value is -3.29. The molecule has 0 saturated carbocycles. The zero-order valence-corrected chi connectivity index (χ0v) is 15.1. The number of carbonyl (C=O) groups is 2. The zero-order valence-electron chi connectivity index (χ0n) is 15.1. The fraction of sp³-hybridized carbons (Fsp3) is 0.200. The lowest BCUT2D eigenvalue weighted by Crippen LogP contribution is -2.38. The molecule has 3 rings (SSSR count). The minimum Gasteiger partial charge on any atom is -0.406 e. The molecule has 1 heterocycles. The molecular weight excluding hydrogens is 373 g/mol. The molecule has 1 N–H and O–H groups in total. The lowest BCUT2D eigenvalue weighted by atomic mass is 10.0. The lowest BCUT2D eigenvalue weighted by molar-refractivity contribution is -0.274. The van der Waals surface area contributed by atoms with Gasteiger partial charge in [-0.05, 0) is 31.5 Å². The smallest absolute Gasteiger partial charge is 0.406 e. The maximum atomic E-state index is 12.8. The third-order valence-electron chi connectivity index (χ3n) is 4.03. The third-order valence-corrected chi connectivity index (χ3v) is 4.03. The van der Waals surface area contributed by atoms with E-state index >= 15 is 0 Å². The number of anilines is 1. The average Bonchev–Trinajstić information content (AvgIpc) is 2.84. The number of halogens is 3. The maximum Gasteiger partial charge on any atom is 0.573 e. The van der Waals surface area contributed by atoms with E-state index < -0.39 is 23.9 Å². The molecule has 2 aromatic rings. The zero-order chi connectivity index (χ0) is 20.5. The summed E-state index contributed by atoms with van der Waals surface area (Å²) in [4.78, 5) is 26.8. The SMILES string of the molecule is CC(C)N1C(=O)C(Nc2cccc(OC(F)(F)F)c2)=C(c2ccccc2)C1=O. The van der Waals surface area contributed by atoms with Crippen molar-refractivity contribution in [1.29, 1.82) is 0 Å². The summed E-state index contributed by atoms with van der Waals surface area (Å²) in [7, 11) is 0. The molecule has 8 heteroatoms. The Bertz CT molecular complexity index is 937. The second-order valence-corrected chi connectivity index (χ2v) is 6.39. The number of hydrogen-bond acceptors (Lipinski definition) is 4. The quantitative estimate of drug-likeness (QED) is 0.778. The van der Waals surface area contributed by atoms with E-state index in [1.54, 1.807) is 44.2 Å². The largest absolute Gasteiger partial charge is 0.573 e. The van der Waals surface area contributed by atoms with Crippen LogP contribution in [0.2, 0.25) is 0 Å². The van der Waals surface area contributed by atoms with Crippen molar-refractivity contribution in [2.75, 3.05) is 5.32 Å². The van der Waals surface area contributed by atoms with Crippen LogP contribution in [-0.4, -0.2) is 29.1 Å². The first-order valence-electron chi connectivity index (χ1n) is 8.48. The Labute approximate surface area is 159 Å². The summed E-state index contributed by atoms with van der Waals surface area (Å²) >= 11 is 0. The molecule has 146 valence electrons. The van der Waals surface area contributed by atoms with Gasteiger partial charge in [-0.3, -0.25) is 14.5 Å². The fourth-order valence-electron chi connectivity index (χ4n) is 2.92. The Morgan fingerprint density at radius 2 is 1.64 bits per heavy atom. The van der Waals surface area contributed by atoms with Gasteiger partial charge in [-0.1, -0.05) is 36.4 Å². The summed E-state index contributed by atoms with van der Waals surface area (Å²) in [6.07, 6.45) is -4.83.